The summed E-state index contributed by atoms with van der Waals surface area (Å²) in [6, 6.07) is 0. The lowest BCUT2D eigenvalue weighted by Crippen LogP contribution is -2.37. The maximum Gasteiger partial charge on any atom is 0.223 e. The largest absolute Gasteiger partial charge is 0.376 e. The average molecular weight is 254 g/mol. The Morgan fingerprint density at radius 1 is 1.17 bits per heavy atom. The lowest BCUT2D eigenvalue weighted by Gasteiger charge is -2.18. The number of ether oxygens (including phenoxy) is 1. The number of rotatable bonds is 6. The van der Waals surface area contributed by atoms with Crippen LogP contribution in [0.4, 0.5) is 0 Å². The van der Waals surface area contributed by atoms with Gasteiger partial charge in [-0.3, -0.25) is 4.79 Å². The Hall–Kier alpha value is -0.610. The quantitative estimate of drug-likeness (QED) is 0.705. The summed E-state index contributed by atoms with van der Waals surface area (Å²) in [5.41, 5.74) is 5.69. The van der Waals surface area contributed by atoms with E-state index in [9.17, 15) is 4.79 Å². The Labute approximate surface area is 110 Å². The van der Waals surface area contributed by atoms with Crippen LogP contribution in [-0.4, -0.2) is 31.7 Å². The normalized spacial score (nSPS) is 28.7. The zero-order valence-electron chi connectivity index (χ0n) is 11.2. The van der Waals surface area contributed by atoms with Crippen molar-refractivity contribution in [3.63, 3.8) is 0 Å². The molecule has 0 aromatic carbocycles. The highest BCUT2D eigenvalue weighted by molar-refractivity contribution is 5.79. The second-order valence-electron chi connectivity index (χ2n) is 5.60. The number of hydrogen-bond donors (Lipinski definition) is 2. The molecule has 4 nitrogen and oxygen atoms in total. The van der Waals surface area contributed by atoms with Crippen molar-refractivity contribution in [2.75, 3.05) is 19.7 Å². The van der Waals surface area contributed by atoms with Crippen LogP contribution in [0.2, 0.25) is 0 Å². The third kappa shape index (κ3) is 3.69. The van der Waals surface area contributed by atoms with E-state index >= 15 is 0 Å². The van der Waals surface area contributed by atoms with E-state index in [0.717, 1.165) is 19.3 Å². The SMILES string of the molecule is NC[C@H]1CCC[C@H]1C(=O)NCCOC1CCCC1. The molecule has 3 N–H and O–H groups in total. The summed E-state index contributed by atoms with van der Waals surface area (Å²) in [6.45, 7) is 1.93. The number of hydrogen-bond acceptors (Lipinski definition) is 3. The van der Waals surface area contributed by atoms with E-state index in [0.29, 0.717) is 31.7 Å². The molecule has 2 aliphatic carbocycles. The molecule has 0 unspecified atom stereocenters. The minimum absolute atomic E-state index is 0.140. The number of carbonyl (C=O) groups excluding carboxylic acids is 1. The van der Waals surface area contributed by atoms with Gasteiger partial charge in [0.05, 0.1) is 12.7 Å². The Balaban J connectivity index is 1.59. The van der Waals surface area contributed by atoms with Crippen molar-refractivity contribution in [3.8, 4) is 0 Å². The number of nitrogens with one attached hydrogen (secondary N) is 1. The number of amides is 1. The van der Waals surface area contributed by atoms with Gasteiger partial charge in [-0.15, -0.1) is 0 Å². The lowest BCUT2D eigenvalue weighted by molar-refractivity contribution is -0.126. The van der Waals surface area contributed by atoms with E-state index < -0.39 is 0 Å². The van der Waals surface area contributed by atoms with Gasteiger partial charge in [-0.25, -0.2) is 0 Å². The fourth-order valence-electron chi connectivity index (χ4n) is 3.25. The van der Waals surface area contributed by atoms with Gasteiger partial charge in [-0.05, 0) is 38.1 Å². The number of carbonyl (C=O) groups is 1. The molecule has 18 heavy (non-hydrogen) atoms. The molecule has 4 heteroatoms. The number of nitrogens with two attached hydrogens (primary N) is 1. The third-order valence-corrected chi connectivity index (χ3v) is 4.36. The summed E-state index contributed by atoms with van der Waals surface area (Å²) >= 11 is 0. The molecule has 0 spiro atoms. The molecule has 2 rings (SSSR count). The smallest absolute Gasteiger partial charge is 0.223 e. The van der Waals surface area contributed by atoms with Gasteiger partial charge in [-0.1, -0.05) is 19.3 Å². The molecule has 0 aliphatic heterocycles. The minimum Gasteiger partial charge on any atom is -0.376 e. The van der Waals surface area contributed by atoms with Crippen LogP contribution < -0.4 is 11.1 Å². The van der Waals surface area contributed by atoms with E-state index in [1.165, 1.54) is 25.7 Å². The third-order valence-electron chi connectivity index (χ3n) is 4.36. The van der Waals surface area contributed by atoms with Gasteiger partial charge in [0.25, 0.3) is 0 Å². The van der Waals surface area contributed by atoms with E-state index in [4.69, 9.17) is 10.5 Å². The van der Waals surface area contributed by atoms with Gasteiger partial charge in [0.15, 0.2) is 0 Å². The predicted octanol–water partition coefficient (Wildman–Crippen LogP) is 1.44. The van der Waals surface area contributed by atoms with Gasteiger partial charge >= 0.3 is 0 Å². The molecule has 2 saturated carbocycles. The summed E-state index contributed by atoms with van der Waals surface area (Å²) in [7, 11) is 0. The second kappa shape index (κ2) is 7.10. The molecular weight excluding hydrogens is 228 g/mol. The zero-order chi connectivity index (χ0) is 12.8. The lowest BCUT2D eigenvalue weighted by atomic mass is 9.95. The summed E-state index contributed by atoms with van der Waals surface area (Å²) in [5.74, 6) is 0.709. The van der Waals surface area contributed by atoms with Crippen molar-refractivity contribution in [2.45, 2.75) is 51.0 Å². The van der Waals surface area contributed by atoms with E-state index in [1.807, 2.05) is 0 Å². The van der Waals surface area contributed by atoms with Crippen LogP contribution in [-0.2, 0) is 9.53 Å². The van der Waals surface area contributed by atoms with Crippen LogP contribution in [0.25, 0.3) is 0 Å². The molecule has 1 amide bonds. The van der Waals surface area contributed by atoms with Gasteiger partial charge in [0.1, 0.15) is 0 Å². The topological polar surface area (TPSA) is 64.4 Å². The Morgan fingerprint density at radius 3 is 2.67 bits per heavy atom. The maximum atomic E-state index is 12.0. The van der Waals surface area contributed by atoms with Crippen LogP contribution >= 0.6 is 0 Å². The molecule has 2 fully saturated rings. The molecule has 2 atom stereocenters. The molecular formula is C14H26N2O2. The average Bonchev–Trinajstić information content (AvgIpc) is 3.04. The van der Waals surface area contributed by atoms with Crippen molar-refractivity contribution in [2.24, 2.45) is 17.6 Å². The summed E-state index contributed by atoms with van der Waals surface area (Å²) < 4.78 is 5.73. The predicted molar refractivity (Wildman–Crippen MR) is 71.1 cm³/mol. The van der Waals surface area contributed by atoms with Gasteiger partial charge in [-0.2, -0.15) is 0 Å². The van der Waals surface area contributed by atoms with Crippen LogP contribution in [0.1, 0.15) is 44.9 Å². The van der Waals surface area contributed by atoms with Crippen LogP contribution in [0.5, 0.6) is 0 Å². The Kier molecular flexibility index (Phi) is 5.45. The molecule has 0 bridgehead atoms. The van der Waals surface area contributed by atoms with Gasteiger partial charge in [0.2, 0.25) is 5.91 Å². The first-order chi connectivity index (χ1) is 8.81. The Bertz CT molecular complexity index is 265. The first-order valence-corrected chi connectivity index (χ1v) is 7.40. The summed E-state index contributed by atoms with van der Waals surface area (Å²) in [6.07, 6.45) is 8.62. The molecule has 104 valence electrons. The Morgan fingerprint density at radius 2 is 1.94 bits per heavy atom. The minimum atomic E-state index is 0.140. The standard InChI is InChI=1S/C14H26N2O2/c15-10-11-4-3-7-13(11)14(17)16-8-9-18-12-5-1-2-6-12/h11-13H,1-10,15H2,(H,16,17)/t11-,13-/m1/s1. The second-order valence-corrected chi connectivity index (χ2v) is 5.60. The van der Waals surface area contributed by atoms with Crippen molar-refractivity contribution < 1.29 is 9.53 Å². The molecule has 2 aliphatic rings. The van der Waals surface area contributed by atoms with Crippen molar-refractivity contribution >= 4 is 5.91 Å². The molecule has 0 aromatic heterocycles. The van der Waals surface area contributed by atoms with E-state index in [-0.39, 0.29) is 11.8 Å². The fourth-order valence-corrected chi connectivity index (χ4v) is 3.25. The van der Waals surface area contributed by atoms with E-state index in [2.05, 4.69) is 5.32 Å². The van der Waals surface area contributed by atoms with Crippen molar-refractivity contribution in [1.29, 1.82) is 0 Å². The first-order valence-electron chi connectivity index (χ1n) is 7.40. The highest BCUT2D eigenvalue weighted by atomic mass is 16.5. The molecule has 0 aromatic rings. The molecule has 0 saturated heterocycles. The molecule has 0 heterocycles. The van der Waals surface area contributed by atoms with Crippen molar-refractivity contribution in [3.05, 3.63) is 0 Å². The maximum absolute atomic E-state index is 12.0. The zero-order valence-corrected chi connectivity index (χ0v) is 11.2. The van der Waals surface area contributed by atoms with Gasteiger partial charge in [0, 0.05) is 12.5 Å². The summed E-state index contributed by atoms with van der Waals surface area (Å²) in [5, 5.41) is 2.99. The van der Waals surface area contributed by atoms with Crippen LogP contribution in [0.15, 0.2) is 0 Å². The first kappa shape index (κ1) is 13.8. The highest BCUT2D eigenvalue weighted by Crippen LogP contribution is 2.30. The van der Waals surface area contributed by atoms with Gasteiger partial charge < -0.3 is 15.8 Å². The fraction of sp³-hybridized carbons (Fsp3) is 0.929. The monoisotopic (exact) mass is 254 g/mol. The van der Waals surface area contributed by atoms with Crippen LogP contribution in [0.3, 0.4) is 0 Å². The van der Waals surface area contributed by atoms with Crippen molar-refractivity contribution in [1.82, 2.24) is 5.32 Å². The highest BCUT2D eigenvalue weighted by Gasteiger charge is 2.31. The van der Waals surface area contributed by atoms with E-state index in [1.54, 1.807) is 0 Å². The molecule has 0 radical (unpaired) electrons. The van der Waals surface area contributed by atoms with Crippen LogP contribution in [0, 0.1) is 11.8 Å². The summed E-state index contributed by atoms with van der Waals surface area (Å²) in [4.78, 5) is 12.0.